The van der Waals surface area contributed by atoms with Gasteiger partial charge in [-0.05, 0) is 36.0 Å². The zero-order valence-electron chi connectivity index (χ0n) is 9.89. The van der Waals surface area contributed by atoms with E-state index in [1.807, 2.05) is 0 Å². The van der Waals surface area contributed by atoms with Crippen LogP contribution in [-0.2, 0) is 19.3 Å². The molecule has 0 atom stereocenters. The normalized spacial score (nSPS) is 16.8. The van der Waals surface area contributed by atoms with Crippen LogP contribution in [0, 0.1) is 0 Å². The van der Waals surface area contributed by atoms with Crippen LogP contribution < -0.4 is 5.73 Å². The molecule has 1 heteroatoms. The van der Waals surface area contributed by atoms with Gasteiger partial charge in [-0.15, -0.1) is 0 Å². The average molecular weight is 223 g/mol. The highest BCUT2D eigenvalue weighted by atomic mass is 14.7. The first-order valence-electron chi connectivity index (χ1n) is 6.15. The molecule has 2 N–H and O–H groups in total. The first-order valence-corrected chi connectivity index (χ1v) is 6.15. The van der Waals surface area contributed by atoms with Crippen molar-refractivity contribution in [3.8, 4) is 0 Å². The fourth-order valence-electron chi connectivity index (χ4n) is 2.85. The quantitative estimate of drug-likeness (QED) is 0.832. The van der Waals surface area contributed by atoms with Crippen molar-refractivity contribution in [2.45, 2.75) is 24.8 Å². The maximum atomic E-state index is 6.54. The Labute approximate surface area is 102 Å². The minimum Gasteiger partial charge on any atom is -0.324 e. The molecule has 0 aromatic heterocycles. The Morgan fingerprint density at radius 3 is 1.94 bits per heavy atom. The highest BCUT2D eigenvalue weighted by Crippen LogP contribution is 2.30. The van der Waals surface area contributed by atoms with E-state index in [0.717, 1.165) is 19.3 Å². The summed E-state index contributed by atoms with van der Waals surface area (Å²) in [7, 11) is 0. The van der Waals surface area contributed by atoms with E-state index in [4.69, 9.17) is 5.73 Å². The molecule has 1 aliphatic carbocycles. The summed E-state index contributed by atoms with van der Waals surface area (Å²) in [5.74, 6) is 0. The standard InChI is InChI=1S/C16H17N/c17-16(10-13-6-2-1-3-7-13)11-14-8-4-5-9-15(14)12-16/h1-9H,10-12,17H2. The van der Waals surface area contributed by atoms with Crippen LogP contribution in [-0.4, -0.2) is 5.54 Å². The third kappa shape index (κ3) is 2.11. The first kappa shape index (κ1) is 10.5. The van der Waals surface area contributed by atoms with E-state index in [9.17, 15) is 0 Å². The number of nitrogens with two attached hydrogens (primary N) is 1. The maximum Gasteiger partial charge on any atom is 0.0276 e. The van der Waals surface area contributed by atoms with Crippen molar-refractivity contribution in [1.29, 1.82) is 0 Å². The van der Waals surface area contributed by atoms with Gasteiger partial charge in [0, 0.05) is 5.54 Å². The van der Waals surface area contributed by atoms with Crippen molar-refractivity contribution >= 4 is 0 Å². The van der Waals surface area contributed by atoms with Crippen molar-refractivity contribution in [3.05, 3.63) is 71.3 Å². The van der Waals surface area contributed by atoms with E-state index in [1.165, 1.54) is 16.7 Å². The minimum atomic E-state index is -0.0922. The fourth-order valence-corrected chi connectivity index (χ4v) is 2.85. The van der Waals surface area contributed by atoms with Crippen LogP contribution in [0.3, 0.4) is 0 Å². The summed E-state index contributed by atoms with van der Waals surface area (Å²) in [6.07, 6.45) is 2.96. The molecule has 0 bridgehead atoms. The van der Waals surface area contributed by atoms with Gasteiger partial charge in [0.15, 0.2) is 0 Å². The van der Waals surface area contributed by atoms with E-state index < -0.39 is 0 Å². The van der Waals surface area contributed by atoms with Crippen molar-refractivity contribution in [1.82, 2.24) is 0 Å². The van der Waals surface area contributed by atoms with E-state index in [-0.39, 0.29) is 5.54 Å². The molecule has 0 saturated heterocycles. The summed E-state index contributed by atoms with van der Waals surface area (Å²) < 4.78 is 0. The van der Waals surface area contributed by atoms with Gasteiger partial charge in [-0.2, -0.15) is 0 Å². The van der Waals surface area contributed by atoms with Crippen LogP contribution in [0.15, 0.2) is 54.6 Å². The SMILES string of the molecule is NC1(Cc2ccccc2)Cc2ccccc2C1. The van der Waals surface area contributed by atoms with E-state index in [0.29, 0.717) is 0 Å². The summed E-state index contributed by atoms with van der Waals surface area (Å²) in [4.78, 5) is 0. The predicted molar refractivity (Wildman–Crippen MR) is 70.9 cm³/mol. The molecular weight excluding hydrogens is 206 g/mol. The van der Waals surface area contributed by atoms with E-state index >= 15 is 0 Å². The molecular formula is C16H17N. The molecule has 86 valence electrons. The number of hydrogen-bond acceptors (Lipinski definition) is 1. The number of hydrogen-bond donors (Lipinski definition) is 1. The molecule has 0 saturated carbocycles. The van der Waals surface area contributed by atoms with Gasteiger partial charge in [-0.1, -0.05) is 54.6 Å². The lowest BCUT2D eigenvalue weighted by Gasteiger charge is -2.23. The Bertz CT molecular complexity index is 491. The average Bonchev–Trinajstić information content (AvgIpc) is 2.66. The van der Waals surface area contributed by atoms with Crippen LogP contribution in [0.5, 0.6) is 0 Å². The van der Waals surface area contributed by atoms with Gasteiger partial charge in [0.2, 0.25) is 0 Å². The van der Waals surface area contributed by atoms with Gasteiger partial charge in [0.1, 0.15) is 0 Å². The van der Waals surface area contributed by atoms with Gasteiger partial charge < -0.3 is 5.73 Å². The Kier molecular flexibility index (Phi) is 2.49. The molecule has 0 fully saturated rings. The van der Waals surface area contributed by atoms with Gasteiger partial charge in [-0.3, -0.25) is 0 Å². The van der Waals surface area contributed by atoms with E-state index in [2.05, 4.69) is 54.6 Å². The monoisotopic (exact) mass is 223 g/mol. The predicted octanol–water partition coefficient (Wildman–Crippen LogP) is 2.73. The summed E-state index contributed by atoms with van der Waals surface area (Å²) >= 11 is 0. The lowest BCUT2D eigenvalue weighted by atomic mass is 9.89. The largest absolute Gasteiger partial charge is 0.324 e. The Hall–Kier alpha value is -1.60. The minimum absolute atomic E-state index is 0.0922. The van der Waals surface area contributed by atoms with Crippen LogP contribution >= 0.6 is 0 Å². The maximum absolute atomic E-state index is 6.54. The first-order chi connectivity index (χ1) is 8.25. The zero-order valence-corrected chi connectivity index (χ0v) is 9.89. The fraction of sp³-hybridized carbons (Fsp3) is 0.250. The molecule has 0 spiro atoms. The molecule has 0 radical (unpaired) electrons. The molecule has 0 unspecified atom stereocenters. The molecule has 1 aliphatic rings. The topological polar surface area (TPSA) is 26.0 Å². The second-order valence-corrected chi connectivity index (χ2v) is 5.15. The van der Waals surface area contributed by atoms with Gasteiger partial charge >= 0.3 is 0 Å². The summed E-state index contributed by atoms with van der Waals surface area (Å²) in [6.45, 7) is 0. The molecule has 17 heavy (non-hydrogen) atoms. The molecule has 3 rings (SSSR count). The van der Waals surface area contributed by atoms with Crippen LogP contribution in [0.1, 0.15) is 16.7 Å². The Morgan fingerprint density at radius 2 is 1.35 bits per heavy atom. The van der Waals surface area contributed by atoms with Crippen molar-refractivity contribution < 1.29 is 0 Å². The molecule has 0 amide bonds. The zero-order chi connectivity index (χ0) is 11.7. The molecule has 0 heterocycles. The molecule has 2 aromatic carbocycles. The smallest absolute Gasteiger partial charge is 0.0276 e. The molecule has 2 aromatic rings. The highest BCUT2D eigenvalue weighted by Gasteiger charge is 2.33. The number of fused-ring (bicyclic) bond motifs is 1. The third-order valence-electron chi connectivity index (χ3n) is 3.60. The third-order valence-corrected chi connectivity index (χ3v) is 3.60. The van der Waals surface area contributed by atoms with Crippen molar-refractivity contribution in [3.63, 3.8) is 0 Å². The lowest BCUT2D eigenvalue weighted by molar-refractivity contribution is 0.446. The van der Waals surface area contributed by atoms with Crippen LogP contribution in [0.25, 0.3) is 0 Å². The number of benzene rings is 2. The number of rotatable bonds is 2. The van der Waals surface area contributed by atoms with Crippen molar-refractivity contribution in [2.75, 3.05) is 0 Å². The van der Waals surface area contributed by atoms with Crippen LogP contribution in [0.2, 0.25) is 0 Å². The summed E-state index contributed by atoms with van der Waals surface area (Å²) in [6, 6.07) is 19.2. The highest BCUT2D eigenvalue weighted by molar-refractivity contribution is 5.37. The summed E-state index contributed by atoms with van der Waals surface area (Å²) in [5, 5.41) is 0. The van der Waals surface area contributed by atoms with Gasteiger partial charge in [0.25, 0.3) is 0 Å². The molecule has 0 aliphatic heterocycles. The van der Waals surface area contributed by atoms with Crippen LogP contribution in [0.4, 0.5) is 0 Å². The van der Waals surface area contributed by atoms with Gasteiger partial charge in [-0.25, -0.2) is 0 Å². The lowest BCUT2D eigenvalue weighted by Crippen LogP contribution is -2.42. The second kappa shape index (κ2) is 4.01. The second-order valence-electron chi connectivity index (χ2n) is 5.15. The van der Waals surface area contributed by atoms with Gasteiger partial charge in [0.05, 0.1) is 0 Å². The molecule has 1 nitrogen and oxygen atoms in total. The van der Waals surface area contributed by atoms with E-state index in [1.54, 1.807) is 0 Å². The summed E-state index contributed by atoms with van der Waals surface area (Å²) in [5.41, 5.74) is 10.6. The van der Waals surface area contributed by atoms with Crippen molar-refractivity contribution in [2.24, 2.45) is 5.73 Å². The Balaban J connectivity index is 1.82. The Morgan fingerprint density at radius 1 is 0.824 bits per heavy atom.